The minimum atomic E-state index is -0.762. The van der Waals surface area contributed by atoms with Crippen LogP contribution in [0.3, 0.4) is 0 Å². The Morgan fingerprint density at radius 3 is 0.754 bits per heavy atom. The highest BCUT2D eigenvalue weighted by molar-refractivity contribution is 5.71. The Labute approximate surface area is 355 Å². The molecule has 6 nitrogen and oxygen atoms in total. The predicted octanol–water partition coefficient (Wildman–Crippen LogP) is 16.0. The van der Waals surface area contributed by atoms with Gasteiger partial charge in [-0.25, -0.2) is 0 Å². The van der Waals surface area contributed by atoms with Crippen LogP contribution in [0.2, 0.25) is 0 Å². The molecule has 0 fully saturated rings. The first kappa shape index (κ1) is 55.4. The van der Waals surface area contributed by atoms with E-state index >= 15 is 0 Å². The highest BCUT2D eigenvalue weighted by Crippen LogP contribution is 2.17. The Morgan fingerprint density at radius 1 is 0.298 bits per heavy atom. The first-order valence-corrected chi connectivity index (χ1v) is 25.1. The second-order valence-electron chi connectivity index (χ2n) is 18.9. The van der Waals surface area contributed by atoms with E-state index in [1.807, 2.05) is 0 Å². The third kappa shape index (κ3) is 45.3. The molecule has 0 aliphatic carbocycles. The van der Waals surface area contributed by atoms with Crippen molar-refractivity contribution in [3.63, 3.8) is 0 Å². The van der Waals surface area contributed by atoms with Gasteiger partial charge in [0.15, 0.2) is 6.10 Å². The fourth-order valence-corrected chi connectivity index (χ4v) is 7.59. The standard InChI is InChI=1S/C51H98O6/c1-45(2)37-31-25-19-13-9-7-11-15-22-28-34-40-49(52)55-43-48(44-56-50(53)41-35-29-23-18-17-21-27-33-39-47(5)6)57-51(54)42-36-30-24-16-12-8-10-14-20-26-32-38-46(3)4/h45-48H,7-44H2,1-6H3/t48-/m1/s1. The van der Waals surface area contributed by atoms with Crippen LogP contribution in [-0.2, 0) is 28.6 Å². The van der Waals surface area contributed by atoms with Gasteiger partial charge in [-0.15, -0.1) is 0 Å². The van der Waals surface area contributed by atoms with E-state index in [1.54, 1.807) is 0 Å². The summed E-state index contributed by atoms with van der Waals surface area (Å²) in [5.74, 6) is 1.59. The van der Waals surface area contributed by atoms with Gasteiger partial charge in [0.25, 0.3) is 0 Å². The van der Waals surface area contributed by atoms with E-state index in [0.717, 1.165) is 75.5 Å². The van der Waals surface area contributed by atoms with Crippen LogP contribution in [0.1, 0.15) is 273 Å². The minimum absolute atomic E-state index is 0.0653. The average Bonchev–Trinajstić information content (AvgIpc) is 3.16. The molecule has 0 unspecified atom stereocenters. The smallest absolute Gasteiger partial charge is 0.306 e. The van der Waals surface area contributed by atoms with Gasteiger partial charge in [-0.2, -0.15) is 0 Å². The van der Waals surface area contributed by atoms with Gasteiger partial charge in [0.1, 0.15) is 13.2 Å². The Morgan fingerprint density at radius 2 is 0.509 bits per heavy atom. The molecule has 0 radical (unpaired) electrons. The van der Waals surface area contributed by atoms with Crippen molar-refractivity contribution < 1.29 is 28.6 Å². The van der Waals surface area contributed by atoms with Gasteiger partial charge < -0.3 is 14.2 Å². The number of hydrogen-bond donors (Lipinski definition) is 0. The first-order valence-electron chi connectivity index (χ1n) is 25.1. The first-order chi connectivity index (χ1) is 27.6. The largest absolute Gasteiger partial charge is 0.462 e. The van der Waals surface area contributed by atoms with Crippen LogP contribution in [0.5, 0.6) is 0 Å². The average molecular weight is 807 g/mol. The molecule has 0 N–H and O–H groups in total. The third-order valence-electron chi connectivity index (χ3n) is 11.4. The summed E-state index contributed by atoms with van der Waals surface area (Å²) in [6, 6.07) is 0. The molecule has 0 aliphatic heterocycles. The lowest BCUT2D eigenvalue weighted by Gasteiger charge is -2.18. The van der Waals surface area contributed by atoms with Crippen molar-refractivity contribution in [1.29, 1.82) is 0 Å². The van der Waals surface area contributed by atoms with Crippen LogP contribution in [0, 0.1) is 17.8 Å². The van der Waals surface area contributed by atoms with E-state index in [4.69, 9.17) is 14.2 Å². The van der Waals surface area contributed by atoms with Crippen LogP contribution in [0.15, 0.2) is 0 Å². The topological polar surface area (TPSA) is 78.9 Å². The molecule has 0 aromatic carbocycles. The highest BCUT2D eigenvalue weighted by Gasteiger charge is 2.19. The van der Waals surface area contributed by atoms with Crippen molar-refractivity contribution in [2.24, 2.45) is 17.8 Å². The fourth-order valence-electron chi connectivity index (χ4n) is 7.59. The molecule has 0 aromatic rings. The van der Waals surface area contributed by atoms with Crippen molar-refractivity contribution >= 4 is 17.9 Å². The van der Waals surface area contributed by atoms with Gasteiger partial charge in [-0.05, 0) is 37.0 Å². The quantitative estimate of drug-likeness (QED) is 0.0347. The van der Waals surface area contributed by atoms with Gasteiger partial charge in [0.2, 0.25) is 0 Å². The lowest BCUT2D eigenvalue weighted by molar-refractivity contribution is -0.167. The molecule has 0 aromatic heterocycles. The van der Waals surface area contributed by atoms with Gasteiger partial charge in [-0.1, -0.05) is 234 Å². The zero-order valence-corrected chi connectivity index (χ0v) is 39.1. The fraction of sp³-hybridized carbons (Fsp3) is 0.941. The summed E-state index contributed by atoms with van der Waals surface area (Å²) < 4.78 is 16.8. The van der Waals surface area contributed by atoms with Gasteiger partial charge >= 0.3 is 17.9 Å². The van der Waals surface area contributed by atoms with Crippen molar-refractivity contribution in [3.05, 3.63) is 0 Å². The minimum Gasteiger partial charge on any atom is -0.462 e. The van der Waals surface area contributed by atoms with E-state index in [-0.39, 0.29) is 31.1 Å². The zero-order valence-electron chi connectivity index (χ0n) is 39.1. The molecule has 0 saturated carbocycles. The van der Waals surface area contributed by atoms with E-state index in [9.17, 15) is 14.4 Å². The van der Waals surface area contributed by atoms with Crippen molar-refractivity contribution in [1.82, 2.24) is 0 Å². The van der Waals surface area contributed by atoms with E-state index in [2.05, 4.69) is 41.5 Å². The molecule has 0 bridgehead atoms. The molecule has 0 rings (SSSR count). The Hall–Kier alpha value is -1.59. The van der Waals surface area contributed by atoms with E-state index < -0.39 is 6.10 Å². The van der Waals surface area contributed by atoms with Crippen LogP contribution in [-0.4, -0.2) is 37.2 Å². The monoisotopic (exact) mass is 807 g/mol. The summed E-state index contributed by atoms with van der Waals surface area (Å²) in [7, 11) is 0. The van der Waals surface area contributed by atoms with Crippen molar-refractivity contribution in [2.45, 2.75) is 279 Å². The molecule has 0 aliphatic rings. The molecular formula is C51H98O6. The zero-order chi connectivity index (χ0) is 42.0. The lowest BCUT2D eigenvalue weighted by atomic mass is 10.0. The molecular weight excluding hydrogens is 709 g/mol. The molecule has 338 valence electrons. The van der Waals surface area contributed by atoms with E-state index in [1.165, 1.54) is 154 Å². The molecule has 0 amide bonds. The highest BCUT2D eigenvalue weighted by atomic mass is 16.6. The van der Waals surface area contributed by atoms with Gasteiger partial charge in [0, 0.05) is 19.3 Å². The molecule has 1 atom stereocenters. The second kappa shape index (κ2) is 42.5. The van der Waals surface area contributed by atoms with Gasteiger partial charge in [0.05, 0.1) is 0 Å². The summed E-state index contributed by atoms with van der Waals surface area (Å²) >= 11 is 0. The van der Waals surface area contributed by atoms with Crippen LogP contribution < -0.4 is 0 Å². The summed E-state index contributed by atoms with van der Waals surface area (Å²) in [6.45, 7) is 13.7. The number of carbonyl (C=O) groups excluding carboxylic acids is 3. The number of hydrogen-bond acceptors (Lipinski definition) is 6. The Bertz CT molecular complexity index is 883. The number of carbonyl (C=O) groups is 3. The summed E-state index contributed by atoms with van der Waals surface area (Å²) in [4.78, 5) is 37.9. The maximum atomic E-state index is 12.8. The lowest BCUT2D eigenvalue weighted by Crippen LogP contribution is -2.30. The molecule has 6 heteroatoms. The Balaban J connectivity index is 4.33. The van der Waals surface area contributed by atoms with E-state index in [0.29, 0.717) is 19.3 Å². The summed E-state index contributed by atoms with van der Waals surface area (Å²) in [5, 5.41) is 0. The van der Waals surface area contributed by atoms with Crippen molar-refractivity contribution in [2.75, 3.05) is 13.2 Å². The third-order valence-corrected chi connectivity index (χ3v) is 11.4. The van der Waals surface area contributed by atoms with Crippen LogP contribution >= 0.6 is 0 Å². The SMILES string of the molecule is CC(C)CCCCCCCCCCCCCC(=O)OC[C@H](COC(=O)CCCCCCCCCCC(C)C)OC(=O)CCCCCCCCCCCCCC(C)C. The van der Waals surface area contributed by atoms with Crippen LogP contribution in [0.4, 0.5) is 0 Å². The summed E-state index contributed by atoms with van der Waals surface area (Å²) in [6.07, 6.45) is 40.9. The Kier molecular flexibility index (Phi) is 41.3. The molecule has 0 spiro atoms. The summed E-state index contributed by atoms with van der Waals surface area (Å²) in [5.41, 5.74) is 0. The number of unbranched alkanes of at least 4 members (excludes halogenated alkanes) is 27. The maximum Gasteiger partial charge on any atom is 0.306 e. The number of esters is 3. The molecule has 0 saturated heterocycles. The number of ether oxygens (including phenoxy) is 3. The second-order valence-corrected chi connectivity index (χ2v) is 18.9. The van der Waals surface area contributed by atoms with Crippen LogP contribution in [0.25, 0.3) is 0 Å². The normalized spacial score (nSPS) is 12.2. The van der Waals surface area contributed by atoms with Crippen molar-refractivity contribution in [3.8, 4) is 0 Å². The molecule has 57 heavy (non-hydrogen) atoms. The predicted molar refractivity (Wildman–Crippen MR) is 243 cm³/mol. The number of rotatable bonds is 44. The van der Waals surface area contributed by atoms with Gasteiger partial charge in [-0.3, -0.25) is 14.4 Å². The molecule has 0 heterocycles. The maximum absolute atomic E-state index is 12.8.